The van der Waals surface area contributed by atoms with E-state index < -0.39 is 6.10 Å². The Balaban J connectivity index is 1.99. The SMILES string of the molecule is CC(Oc1cccnc1Cl)C(=O)N1CCCC1. The van der Waals surface area contributed by atoms with Crippen LogP contribution in [0.3, 0.4) is 0 Å². The molecule has 1 amide bonds. The van der Waals surface area contributed by atoms with Gasteiger partial charge in [0.15, 0.2) is 17.0 Å². The number of carbonyl (C=O) groups is 1. The van der Waals surface area contributed by atoms with Crippen molar-refractivity contribution in [1.82, 2.24) is 9.88 Å². The van der Waals surface area contributed by atoms with Crippen LogP contribution >= 0.6 is 11.6 Å². The molecule has 1 fully saturated rings. The molecular formula is C12H15ClN2O2. The van der Waals surface area contributed by atoms with Crippen LogP contribution in [0, 0.1) is 0 Å². The number of rotatable bonds is 3. The Morgan fingerprint density at radius 3 is 2.88 bits per heavy atom. The van der Waals surface area contributed by atoms with Gasteiger partial charge in [-0.05, 0) is 31.9 Å². The smallest absolute Gasteiger partial charge is 0.263 e. The van der Waals surface area contributed by atoms with E-state index in [0.29, 0.717) is 5.75 Å². The van der Waals surface area contributed by atoms with Gasteiger partial charge in [0.25, 0.3) is 5.91 Å². The van der Waals surface area contributed by atoms with Crippen LogP contribution in [0.15, 0.2) is 18.3 Å². The van der Waals surface area contributed by atoms with Crippen LogP contribution in [0.2, 0.25) is 5.15 Å². The van der Waals surface area contributed by atoms with Gasteiger partial charge in [0, 0.05) is 19.3 Å². The Labute approximate surface area is 106 Å². The number of hydrogen-bond acceptors (Lipinski definition) is 3. The Morgan fingerprint density at radius 2 is 2.24 bits per heavy atom. The van der Waals surface area contributed by atoms with Crippen molar-refractivity contribution in [2.75, 3.05) is 13.1 Å². The number of pyridine rings is 1. The molecule has 1 aromatic rings. The summed E-state index contributed by atoms with van der Waals surface area (Å²) in [6, 6.07) is 3.44. The fraction of sp³-hybridized carbons (Fsp3) is 0.500. The lowest BCUT2D eigenvalue weighted by molar-refractivity contribution is -0.136. The van der Waals surface area contributed by atoms with Gasteiger partial charge >= 0.3 is 0 Å². The monoisotopic (exact) mass is 254 g/mol. The highest BCUT2D eigenvalue weighted by molar-refractivity contribution is 6.30. The van der Waals surface area contributed by atoms with E-state index in [4.69, 9.17) is 16.3 Å². The second kappa shape index (κ2) is 5.36. The van der Waals surface area contributed by atoms with Crippen LogP contribution in [-0.2, 0) is 4.79 Å². The fourth-order valence-corrected chi connectivity index (χ4v) is 2.06. The molecule has 2 heterocycles. The normalized spacial score (nSPS) is 16.9. The van der Waals surface area contributed by atoms with Gasteiger partial charge in [0.05, 0.1) is 0 Å². The average Bonchev–Trinajstić information content (AvgIpc) is 2.84. The molecule has 1 aliphatic heterocycles. The van der Waals surface area contributed by atoms with E-state index in [-0.39, 0.29) is 11.1 Å². The molecule has 1 aromatic heterocycles. The molecule has 1 aliphatic rings. The summed E-state index contributed by atoms with van der Waals surface area (Å²) in [5.74, 6) is 0.469. The number of hydrogen-bond donors (Lipinski definition) is 0. The lowest BCUT2D eigenvalue weighted by Gasteiger charge is -2.21. The maximum Gasteiger partial charge on any atom is 0.263 e. The molecule has 0 aliphatic carbocycles. The van der Waals surface area contributed by atoms with Crippen LogP contribution in [0.5, 0.6) is 5.75 Å². The molecule has 0 spiro atoms. The number of aromatic nitrogens is 1. The number of likely N-dealkylation sites (tertiary alicyclic amines) is 1. The first-order valence-corrected chi connectivity index (χ1v) is 6.12. The van der Waals surface area contributed by atoms with E-state index in [2.05, 4.69) is 4.98 Å². The van der Waals surface area contributed by atoms with Crippen LogP contribution in [-0.4, -0.2) is 35.0 Å². The molecule has 2 rings (SSSR count). The minimum atomic E-state index is -0.519. The van der Waals surface area contributed by atoms with Gasteiger partial charge in [-0.1, -0.05) is 11.6 Å². The summed E-state index contributed by atoms with van der Waals surface area (Å²) < 4.78 is 5.53. The van der Waals surface area contributed by atoms with Gasteiger partial charge in [0.2, 0.25) is 0 Å². The van der Waals surface area contributed by atoms with Crippen molar-refractivity contribution in [3.8, 4) is 5.75 Å². The molecule has 1 saturated heterocycles. The molecular weight excluding hydrogens is 240 g/mol. The first kappa shape index (κ1) is 12.2. The molecule has 1 atom stereocenters. The summed E-state index contributed by atoms with van der Waals surface area (Å²) in [5, 5.41) is 0.286. The van der Waals surface area contributed by atoms with Crippen molar-refractivity contribution in [3.63, 3.8) is 0 Å². The summed E-state index contributed by atoms with van der Waals surface area (Å²) in [6.07, 6.45) is 3.22. The quantitative estimate of drug-likeness (QED) is 0.776. The largest absolute Gasteiger partial charge is 0.478 e. The Hall–Kier alpha value is -1.29. The van der Waals surface area contributed by atoms with Crippen molar-refractivity contribution in [1.29, 1.82) is 0 Å². The predicted molar refractivity (Wildman–Crippen MR) is 65.2 cm³/mol. The molecule has 92 valence electrons. The fourth-order valence-electron chi connectivity index (χ4n) is 1.89. The number of amides is 1. The predicted octanol–water partition coefficient (Wildman–Crippen LogP) is 2.12. The maximum atomic E-state index is 12.0. The average molecular weight is 255 g/mol. The molecule has 1 unspecified atom stereocenters. The number of halogens is 1. The zero-order chi connectivity index (χ0) is 12.3. The first-order chi connectivity index (χ1) is 8.18. The Morgan fingerprint density at radius 1 is 1.53 bits per heavy atom. The van der Waals surface area contributed by atoms with Crippen molar-refractivity contribution < 1.29 is 9.53 Å². The van der Waals surface area contributed by atoms with E-state index in [9.17, 15) is 4.79 Å². The Kier molecular flexibility index (Phi) is 3.84. The summed E-state index contributed by atoms with van der Waals surface area (Å²) in [6.45, 7) is 3.39. The van der Waals surface area contributed by atoms with Gasteiger partial charge in [-0.3, -0.25) is 4.79 Å². The van der Waals surface area contributed by atoms with E-state index in [1.165, 1.54) is 0 Å². The third kappa shape index (κ3) is 2.88. The van der Waals surface area contributed by atoms with Crippen molar-refractivity contribution in [3.05, 3.63) is 23.5 Å². The van der Waals surface area contributed by atoms with E-state index in [1.807, 2.05) is 4.90 Å². The highest BCUT2D eigenvalue weighted by Gasteiger charge is 2.24. The van der Waals surface area contributed by atoms with E-state index in [1.54, 1.807) is 25.3 Å². The van der Waals surface area contributed by atoms with Crippen LogP contribution < -0.4 is 4.74 Å². The molecule has 4 nitrogen and oxygen atoms in total. The number of carbonyl (C=O) groups excluding carboxylic acids is 1. The van der Waals surface area contributed by atoms with Crippen molar-refractivity contribution in [2.24, 2.45) is 0 Å². The molecule has 0 bridgehead atoms. The third-order valence-electron chi connectivity index (χ3n) is 2.79. The lowest BCUT2D eigenvalue weighted by atomic mass is 10.3. The molecule has 17 heavy (non-hydrogen) atoms. The van der Waals surface area contributed by atoms with Crippen molar-refractivity contribution in [2.45, 2.75) is 25.9 Å². The van der Waals surface area contributed by atoms with Gasteiger partial charge in [0.1, 0.15) is 0 Å². The lowest BCUT2D eigenvalue weighted by Crippen LogP contribution is -2.38. The van der Waals surface area contributed by atoms with Gasteiger partial charge < -0.3 is 9.64 Å². The first-order valence-electron chi connectivity index (χ1n) is 5.74. The second-order valence-corrected chi connectivity index (χ2v) is 4.44. The Bertz CT molecular complexity index is 405. The summed E-state index contributed by atoms with van der Waals surface area (Å²) in [5.41, 5.74) is 0. The zero-order valence-electron chi connectivity index (χ0n) is 9.73. The minimum Gasteiger partial charge on any atom is -0.478 e. The maximum absolute atomic E-state index is 12.0. The number of ether oxygens (including phenoxy) is 1. The summed E-state index contributed by atoms with van der Waals surface area (Å²) >= 11 is 5.87. The summed E-state index contributed by atoms with van der Waals surface area (Å²) in [4.78, 5) is 17.7. The molecule has 0 saturated carbocycles. The molecule has 0 radical (unpaired) electrons. The second-order valence-electron chi connectivity index (χ2n) is 4.08. The van der Waals surface area contributed by atoms with Gasteiger partial charge in [-0.2, -0.15) is 0 Å². The molecule has 0 N–H and O–H groups in total. The standard InChI is InChI=1S/C12H15ClN2O2/c1-9(12(16)15-7-2-3-8-15)17-10-5-4-6-14-11(10)13/h4-6,9H,2-3,7-8H2,1H3. The van der Waals surface area contributed by atoms with Crippen LogP contribution in [0.4, 0.5) is 0 Å². The molecule has 0 aromatic carbocycles. The van der Waals surface area contributed by atoms with Crippen LogP contribution in [0.25, 0.3) is 0 Å². The minimum absolute atomic E-state index is 0.0161. The van der Waals surface area contributed by atoms with E-state index in [0.717, 1.165) is 25.9 Å². The highest BCUT2D eigenvalue weighted by Crippen LogP contribution is 2.22. The van der Waals surface area contributed by atoms with Crippen LogP contribution in [0.1, 0.15) is 19.8 Å². The zero-order valence-corrected chi connectivity index (χ0v) is 10.5. The number of nitrogens with zero attached hydrogens (tertiary/aromatic N) is 2. The van der Waals surface area contributed by atoms with Gasteiger partial charge in [-0.25, -0.2) is 4.98 Å². The van der Waals surface area contributed by atoms with E-state index >= 15 is 0 Å². The topological polar surface area (TPSA) is 42.4 Å². The van der Waals surface area contributed by atoms with Gasteiger partial charge in [-0.15, -0.1) is 0 Å². The third-order valence-corrected chi connectivity index (χ3v) is 3.08. The molecule has 5 heteroatoms. The summed E-state index contributed by atoms with van der Waals surface area (Å²) in [7, 11) is 0. The van der Waals surface area contributed by atoms with Crippen molar-refractivity contribution >= 4 is 17.5 Å². The highest BCUT2D eigenvalue weighted by atomic mass is 35.5.